The van der Waals surface area contributed by atoms with Gasteiger partial charge in [-0.15, -0.1) is 11.6 Å². The summed E-state index contributed by atoms with van der Waals surface area (Å²) in [6, 6.07) is 3.80. The number of hydrogen-bond acceptors (Lipinski definition) is 2. The third-order valence-electron chi connectivity index (χ3n) is 3.87. The third-order valence-corrected chi connectivity index (χ3v) is 6.06. The molecular formula is C14H19ClFNO2S. The fraction of sp³-hybridized carbons (Fsp3) is 0.571. The van der Waals surface area contributed by atoms with E-state index in [0.717, 1.165) is 12.8 Å². The van der Waals surface area contributed by atoms with Gasteiger partial charge in [0.25, 0.3) is 0 Å². The van der Waals surface area contributed by atoms with Crippen LogP contribution in [0.1, 0.15) is 32.3 Å². The maximum Gasteiger partial charge on any atom is 0.243 e. The lowest BCUT2D eigenvalue weighted by Gasteiger charge is -2.36. The first-order chi connectivity index (χ1) is 9.26. The zero-order chi connectivity index (χ0) is 15.0. The molecule has 1 aromatic carbocycles. The second-order valence-corrected chi connectivity index (χ2v) is 8.16. The number of benzene rings is 1. The number of piperidine rings is 1. The van der Waals surface area contributed by atoms with Crippen molar-refractivity contribution in [1.82, 2.24) is 4.31 Å². The first-order valence-corrected chi connectivity index (χ1v) is 8.58. The summed E-state index contributed by atoms with van der Waals surface area (Å²) in [6.45, 7) is 5.28. The number of alkyl halides is 1. The van der Waals surface area contributed by atoms with Crippen LogP contribution in [0.15, 0.2) is 23.1 Å². The standard InChI is InChI=1S/C14H19ClFNO2S/c1-14(2)5-7-17(8-6-14)20(18,19)12-3-4-13(16)11(9-12)10-15/h3-4,9H,5-8,10H2,1-2H3. The van der Waals surface area contributed by atoms with E-state index in [4.69, 9.17) is 11.6 Å². The number of halogens is 2. The molecular weight excluding hydrogens is 301 g/mol. The molecule has 1 aromatic rings. The van der Waals surface area contributed by atoms with Crippen LogP contribution in [0.25, 0.3) is 0 Å². The molecule has 6 heteroatoms. The molecule has 0 aromatic heterocycles. The molecule has 1 fully saturated rings. The van der Waals surface area contributed by atoms with E-state index in [1.807, 2.05) is 0 Å². The van der Waals surface area contributed by atoms with E-state index in [9.17, 15) is 12.8 Å². The van der Waals surface area contributed by atoms with Crippen LogP contribution in [0.4, 0.5) is 4.39 Å². The Hall–Kier alpha value is -0.650. The highest BCUT2D eigenvalue weighted by atomic mass is 35.5. The van der Waals surface area contributed by atoms with E-state index in [-0.39, 0.29) is 21.8 Å². The number of hydrogen-bond donors (Lipinski definition) is 0. The van der Waals surface area contributed by atoms with Gasteiger partial charge in [0.15, 0.2) is 0 Å². The minimum atomic E-state index is -3.55. The lowest BCUT2D eigenvalue weighted by molar-refractivity contribution is 0.196. The van der Waals surface area contributed by atoms with Gasteiger partial charge in [0.2, 0.25) is 10.0 Å². The molecule has 0 spiro atoms. The van der Waals surface area contributed by atoms with Gasteiger partial charge in [-0.25, -0.2) is 12.8 Å². The predicted octanol–water partition coefficient (Wildman–Crippen LogP) is 3.38. The van der Waals surface area contributed by atoms with E-state index < -0.39 is 15.8 Å². The lowest BCUT2D eigenvalue weighted by atomic mass is 9.83. The van der Waals surface area contributed by atoms with Crippen molar-refractivity contribution in [2.24, 2.45) is 5.41 Å². The minimum absolute atomic E-state index is 0.0395. The molecule has 2 rings (SSSR count). The van der Waals surface area contributed by atoms with Crippen molar-refractivity contribution in [1.29, 1.82) is 0 Å². The first kappa shape index (κ1) is 15.7. The Morgan fingerprint density at radius 1 is 1.30 bits per heavy atom. The number of nitrogens with zero attached hydrogens (tertiary/aromatic N) is 1. The van der Waals surface area contributed by atoms with Gasteiger partial charge in [0, 0.05) is 18.7 Å². The van der Waals surface area contributed by atoms with Crippen LogP contribution in [0, 0.1) is 11.2 Å². The van der Waals surface area contributed by atoms with Crippen LogP contribution in [-0.4, -0.2) is 25.8 Å². The van der Waals surface area contributed by atoms with Crippen molar-refractivity contribution in [3.05, 3.63) is 29.6 Å². The zero-order valence-corrected chi connectivity index (χ0v) is 13.3. The fourth-order valence-electron chi connectivity index (χ4n) is 2.29. The maximum atomic E-state index is 13.4. The molecule has 20 heavy (non-hydrogen) atoms. The van der Waals surface area contributed by atoms with E-state index >= 15 is 0 Å². The predicted molar refractivity (Wildman–Crippen MR) is 77.7 cm³/mol. The van der Waals surface area contributed by atoms with Gasteiger partial charge in [-0.1, -0.05) is 13.8 Å². The second-order valence-electron chi connectivity index (χ2n) is 5.96. The molecule has 112 valence electrons. The molecule has 1 aliphatic rings. The highest BCUT2D eigenvalue weighted by Gasteiger charge is 2.32. The van der Waals surface area contributed by atoms with Gasteiger partial charge in [0.05, 0.1) is 10.8 Å². The summed E-state index contributed by atoms with van der Waals surface area (Å²) >= 11 is 5.63. The molecule has 0 aliphatic carbocycles. The van der Waals surface area contributed by atoms with Crippen LogP contribution >= 0.6 is 11.6 Å². The summed E-state index contributed by atoms with van der Waals surface area (Å²) < 4.78 is 40.0. The molecule has 1 saturated heterocycles. The van der Waals surface area contributed by atoms with Crippen molar-refractivity contribution in [3.8, 4) is 0 Å². The lowest BCUT2D eigenvalue weighted by Crippen LogP contribution is -2.41. The van der Waals surface area contributed by atoms with Gasteiger partial charge < -0.3 is 0 Å². The molecule has 0 bridgehead atoms. The van der Waals surface area contributed by atoms with Crippen molar-refractivity contribution in [2.75, 3.05) is 13.1 Å². The average Bonchev–Trinajstić information content (AvgIpc) is 2.38. The van der Waals surface area contributed by atoms with Gasteiger partial charge in [-0.3, -0.25) is 0 Å². The summed E-state index contributed by atoms with van der Waals surface area (Å²) in [4.78, 5) is 0.120. The number of rotatable bonds is 3. The maximum absolute atomic E-state index is 13.4. The van der Waals surface area contributed by atoms with Crippen LogP contribution in [-0.2, 0) is 15.9 Å². The molecule has 0 amide bonds. The van der Waals surface area contributed by atoms with Crippen LogP contribution in [0.3, 0.4) is 0 Å². The molecule has 1 aliphatic heterocycles. The van der Waals surface area contributed by atoms with E-state index in [2.05, 4.69) is 13.8 Å². The Kier molecular flexibility index (Phi) is 4.42. The van der Waals surface area contributed by atoms with Gasteiger partial charge in [0.1, 0.15) is 5.82 Å². The van der Waals surface area contributed by atoms with Crippen molar-refractivity contribution < 1.29 is 12.8 Å². The van der Waals surface area contributed by atoms with Gasteiger partial charge in [-0.05, 0) is 36.5 Å². The highest BCUT2D eigenvalue weighted by molar-refractivity contribution is 7.89. The molecule has 0 unspecified atom stereocenters. The van der Waals surface area contributed by atoms with Crippen molar-refractivity contribution >= 4 is 21.6 Å². The average molecular weight is 320 g/mol. The SMILES string of the molecule is CC1(C)CCN(S(=O)(=O)c2ccc(F)c(CCl)c2)CC1. The first-order valence-electron chi connectivity index (χ1n) is 6.61. The third kappa shape index (κ3) is 3.15. The van der Waals surface area contributed by atoms with Crippen LogP contribution < -0.4 is 0 Å². The van der Waals surface area contributed by atoms with Crippen molar-refractivity contribution in [2.45, 2.75) is 37.5 Å². The Balaban J connectivity index is 2.27. The molecule has 0 N–H and O–H groups in total. The molecule has 1 heterocycles. The second kappa shape index (κ2) is 5.62. The van der Waals surface area contributed by atoms with Crippen molar-refractivity contribution in [3.63, 3.8) is 0 Å². The summed E-state index contributed by atoms with van der Waals surface area (Å²) in [5.74, 6) is -0.513. The summed E-state index contributed by atoms with van der Waals surface area (Å²) in [6.07, 6.45) is 1.66. The quantitative estimate of drug-likeness (QED) is 0.801. The Morgan fingerprint density at radius 3 is 2.45 bits per heavy atom. The summed E-state index contributed by atoms with van der Waals surface area (Å²) in [5, 5.41) is 0. The van der Waals surface area contributed by atoms with Crippen LogP contribution in [0.5, 0.6) is 0 Å². The molecule has 0 atom stereocenters. The summed E-state index contributed by atoms with van der Waals surface area (Å²) in [7, 11) is -3.55. The Morgan fingerprint density at radius 2 is 1.90 bits per heavy atom. The minimum Gasteiger partial charge on any atom is -0.207 e. The van der Waals surface area contributed by atoms with Crippen LogP contribution in [0.2, 0.25) is 0 Å². The van der Waals surface area contributed by atoms with E-state index in [1.165, 1.54) is 22.5 Å². The largest absolute Gasteiger partial charge is 0.243 e. The molecule has 3 nitrogen and oxygen atoms in total. The van der Waals surface area contributed by atoms with E-state index in [0.29, 0.717) is 13.1 Å². The monoisotopic (exact) mass is 319 g/mol. The van der Waals surface area contributed by atoms with Gasteiger partial charge >= 0.3 is 0 Å². The molecule has 0 radical (unpaired) electrons. The smallest absolute Gasteiger partial charge is 0.207 e. The normalized spacial score (nSPS) is 20.0. The summed E-state index contributed by atoms with van der Waals surface area (Å²) in [5.41, 5.74) is 0.390. The zero-order valence-electron chi connectivity index (χ0n) is 11.7. The highest BCUT2D eigenvalue weighted by Crippen LogP contribution is 2.32. The molecule has 0 saturated carbocycles. The fourth-order valence-corrected chi connectivity index (χ4v) is 3.99. The Bertz CT molecular complexity index is 591. The van der Waals surface area contributed by atoms with Gasteiger partial charge in [-0.2, -0.15) is 4.31 Å². The van der Waals surface area contributed by atoms with E-state index in [1.54, 1.807) is 0 Å². The Labute approximate surface area is 124 Å². The topological polar surface area (TPSA) is 37.4 Å². The number of sulfonamides is 1.